The van der Waals surface area contributed by atoms with E-state index >= 15 is 0 Å². The molecule has 208 valence electrons. The van der Waals surface area contributed by atoms with Gasteiger partial charge < -0.3 is 30.2 Å². The van der Waals surface area contributed by atoms with Gasteiger partial charge in [0, 0.05) is 30.4 Å². The van der Waals surface area contributed by atoms with Crippen LogP contribution in [0.3, 0.4) is 0 Å². The lowest BCUT2D eigenvalue weighted by molar-refractivity contribution is -0.116. The van der Waals surface area contributed by atoms with Gasteiger partial charge in [-0.3, -0.25) is 9.78 Å². The minimum Gasteiger partial charge on any atom is -0.478 e. The van der Waals surface area contributed by atoms with E-state index in [2.05, 4.69) is 15.6 Å². The van der Waals surface area contributed by atoms with Gasteiger partial charge in [-0.2, -0.15) is 0 Å². The van der Waals surface area contributed by atoms with E-state index < -0.39 is 24.0 Å². The van der Waals surface area contributed by atoms with Gasteiger partial charge in [-0.05, 0) is 73.7 Å². The number of carboxylic acids is 2. The van der Waals surface area contributed by atoms with Crippen LogP contribution in [0.4, 0.5) is 5.69 Å². The summed E-state index contributed by atoms with van der Waals surface area (Å²) in [7, 11) is 0. The first-order chi connectivity index (χ1) is 19.7. The molecule has 0 unspecified atom stereocenters. The fraction of sp³-hybridized carbons (Fsp3) is 0.167. The van der Waals surface area contributed by atoms with Gasteiger partial charge in [0.1, 0.15) is 17.6 Å². The Morgan fingerprint density at radius 2 is 1.71 bits per heavy atom. The van der Waals surface area contributed by atoms with Crippen LogP contribution in [0.15, 0.2) is 83.4 Å². The van der Waals surface area contributed by atoms with Crippen LogP contribution >= 0.6 is 12.2 Å². The fourth-order valence-electron chi connectivity index (χ4n) is 4.72. The summed E-state index contributed by atoms with van der Waals surface area (Å²) in [5, 5.41) is 25.6. The summed E-state index contributed by atoms with van der Waals surface area (Å²) >= 11 is 5.67. The molecule has 4 N–H and O–H groups in total. The molecule has 1 aliphatic rings. The third-order valence-corrected chi connectivity index (χ3v) is 7.09. The summed E-state index contributed by atoms with van der Waals surface area (Å²) in [6.45, 7) is 2.25. The number of nitrogens with one attached hydrogen (secondary N) is 2. The van der Waals surface area contributed by atoms with Gasteiger partial charge in [0.15, 0.2) is 5.11 Å². The van der Waals surface area contributed by atoms with Gasteiger partial charge >= 0.3 is 11.9 Å². The Hall–Kier alpha value is -5.03. The molecule has 11 heteroatoms. The lowest BCUT2D eigenvalue weighted by Gasteiger charge is -2.25. The van der Waals surface area contributed by atoms with Crippen molar-refractivity contribution in [3.8, 4) is 11.3 Å². The molecule has 0 spiro atoms. The van der Waals surface area contributed by atoms with Crippen molar-refractivity contribution < 1.29 is 29.0 Å². The highest BCUT2D eigenvalue weighted by atomic mass is 32.1. The number of aromatic carboxylic acids is 2. The van der Waals surface area contributed by atoms with Crippen molar-refractivity contribution in [1.29, 1.82) is 0 Å². The maximum absolute atomic E-state index is 12.8. The van der Waals surface area contributed by atoms with Crippen LogP contribution in [-0.4, -0.2) is 49.6 Å². The molecule has 4 aromatic rings. The summed E-state index contributed by atoms with van der Waals surface area (Å²) in [5.41, 5.74) is 2.46. The van der Waals surface area contributed by atoms with Crippen molar-refractivity contribution in [2.75, 3.05) is 11.9 Å². The minimum atomic E-state index is -1.25. The molecule has 2 aromatic heterocycles. The zero-order chi connectivity index (χ0) is 29.1. The number of hydrogen-bond donors (Lipinski definition) is 4. The van der Waals surface area contributed by atoms with E-state index in [1.54, 1.807) is 24.4 Å². The number of benzene rings is 2. The first kappa shape index (κ1) is 27.5. The molecule has 1 amide bonds. The lowest BCUT2D eigenvalue weighted by Crippen LogP contribution is -2.32. The largest absolute Gasteiger partial charge is 0.478 e. The highest BCUT2D eigenvalue weighted by Crippen LogP contribution is 2.40. The number of nitrogens with zero attached hydrogens (tertiary/aromatic N) is 2. The topological polar surface area (TPSA) is 145 Å². The van der Waals surface area contributed by atoms with E-state index in [-0.39, 0.29) is 30.0 Å². The Bertz CT molecular complexity index is 1590. The number of carbonyl (C=O) groups excluding carboxylic acids is 1. The standard InChI is InChI=1S/C30H26N4O6S/c1-17-5-7-21(8-6-17)32-25(35)11-13-34-27(26(33-30(34)41)22-4-2-3-12-31-22)24-10-9-23(40-24)18-14-19(28(36)37)16-20(15-18)29(38)39/h2-10,12,14-16,26-27H,11,13H2,1H3,(H,32,35)(H,33,41)(H,36,37)(H,38,39)/t26-,27-/m0/s1. The monoisotopic (exact) mass is 570 g/mol. The molecule has 2 atom stereocenters. The molecule has 0 aliphatic carbocycles. The minimum absolute atomic E-state index is 0.150. The number of aryl methyl sites for hydroxylation is 1. The third kappa shape index (κ3) is 6.10. The first-order valence-corrected chi connectivity index (χ1v) is 13.2. The van der Waals surface area contributed by atoms with Gasteiger partial charge in [-0.25, -0.2) is 9.59 Å². The van der Waals surface area contributed by atoms with Crippen LogP contribution in [0, 0.1) is 6.92 Å². The third-order valence-electron chi connectivity index (χ3n) is 6.74. The molecular weight excluding hydrogens is 544 g/mol. The van der Waals surface area contributed by atoms with E-state index in [1.807, 2.05) is 48.2 Å². The van der Waals surface area contributed by atoms with Gasteiger partial charge in [0.25, 0.3) is 0 Å². The van der Waals surface area contributed by atoms with E-state index in [9.17, 15) is 24.6 Å². The maximum atomic E-state index is 12.8. The highest BCUT2D eigenvalue weighted by Gasteiger charge is 2.41. The van der Waals surface area contributed by atoms with Crippen molar-refractivity contribution in [2.24, 2.45) is 0 Å². The number of hydrogen-bond acceptors (Lipinski definition) is 6. The lowest BCUT2D eigenvalue weighted by atomic mass is 10.0. The second-order valence-corrected chi connectivity index (χ2v) is 9.98. The number of carboxylic acid groups (broad SMARTS) is 2. The highest BCUT2D eigenvalue weighted by molar-refractivity contribution is 7.80. The smallest absolute Gasteiger partial charge is 0.335 e. The van der Waals surface area contributed by atoms with Crippen molar-refractivity contribution in [3.05, 3.63) is 107 Å². The molecule has 1 aliphatic heterocycles. The summed E-state index contributed by atoms with van der Waals surface area (Å²) in [4.78, 5) is 42.4. The van der Waals surface area contributed by atoms with Crippen molar-refractivity contribution in [2.45, 2.75) is 25.4 Å². The quantitative estimate of drug-likeness (QED) is 0.202. The van der Waals surface area contributed by atoms with Gasteiger partial charge in [-0.1, -0.05) is 23.8 Å². The molecule has 1 fully saturated rings. The van der Waals surface area contributed by atoms with Crippen molar-refractivity contribution in [3.63, 3.8) is 0 Å². The molecule has 0 bridgehead atoms. The second-order valence-electron chi connectivity index (χ2n) is 9.60. The van der Waals surface area contributed by atoms with Gasteiger partial charge in [0.2, 0.25) is 5.91 Å². The average molecular weight is 571 g/mol. The van der Waals surface area contributed by atoms with Crippen LogP contribution < -0.4 is 10.6 Å². The predicted octanol–water partition coefficient (Wildman–Crippen LogP) is 5.05. The zero-order valence-corrected chi connectivity index (χ0v) is 22.7. The Kier molecular flexibility index (Phi) is 7.79. The van der Waals surface area contributed by atoms with Gasteiger partial charge in [-0.15, -0.1) is 0 Å². The Morgan fingerprint density at radius 3 is 2.34 bits per heavy atom. The number of aromatic nitrogens is 1. The number of pyridine rings is 1. The molecule has 0 saturated carbocycles. The zero-order valence-electron chi connectivity index (χ0n) is 21.9. The summed E-state index contributed by atoms with van der Waals surface area (Å²) in [6.07, 6.45) is 1.82. The molecule has 10 nitrogen and oxygen atoms in total. The molecule has 2 aromatic carbocycles. The SMILES string of the molecule is Cc1ccc(NC(=O)CCN2C(=S)N[C@@H](c3ccccn3)[C@@H]2c2ccc(-c3cc(C(=O)O)cc(C(=O)O)c3)o2)cc1. The van der Waals surface area contributed by atoms with Crippen LogP contribution in [0.5, 0.6) is 0 Å². The van der Waals surface area contributed by atoms with Gasteiger partial charge in [0.05, 0.1) is 22.9 Å². The number of furan rings is 1. The summed E-state index contributed by atoms with van der Waals surface area (Å²) < 4.78 is 6.21. The van der Waals surface area contributed by atoms with Crippen LogP contribution in [0.25, 0.3) is 11.3 Å². The number of thiocarbonyl (C=S) groups is 1. The van der Waals surface area contributed by atoms with Crippen LogP contribution in [0.2, 0.25) is 0 Å². The van der Waals surface area contributed by atoms with Crippen molar-refractivity contribution >= 4 is 40.9 Å². The molecule has 3 heterocycles. The van der Waals surface area contributed by atoms with E-state index in [4.69, 9.17) is 16.6 Å². The average Bonchev–Trinajstić information content (AvgIpc) is 3.58. The van der Waals surface area contributed by atoms with E-state index in [0.29, 0.717) is 33.6 Å². The predicted molar refractivity (Wildman–Crippen MR) is 155 cm³/mol. The maximum Gasteiger partial charge on any atom is 0.335 e. The Morgan fingerprint density at radius 1 is 1.00 bits per heavy atom. The molecule has 0 radical (unpaired) electrons. The normalized spacial score (nSPS) is 16.3. The Labute approximate surface area is 240 Å². The van der Waals surface area contributed by atoms with E-state index in [0.717, 1.165) is 11.6 Å². The summed E-state index contributed by atoms with van der Waals surface area (Å²) in [5.74, 6) is -1.91. The number of carbonyl (C=O) groups is 3. The second kappa shape index (κ2) is 11.6. The number of amides is 1. The fourth-order valence-corrected chi connectivity index (χ4v) is 5.05. The summed E-state index contributed by atoms with van der Waals surface area (Å²) in [6, 6.07) is 19.4. The van der Waals surface area contributed by atoms with Crippen LogP contribution in [-0.2, 0) is 4.79 Å². The Balaban J connectivity index is 1.44. The number of rotatable bonds is 9. The first-order valence-electron chi connectivity index (χ1n) is 12.8. The molecule has 1 saturated heterocycles. The number of anilines is 1. The van der Waals surface area contributed by atoms with Crippen molar-refractivity contribution in [1.82, 2.24) is 15.2 Å². The molecule has 5 rings (SSSR count). The molecule has 41 heavy (non-hydrogen) atoms. The van der Waals surface area contributed by atoms with E-state index in [1.165, 1.54) is 12.1 Å². The molecular formula is C30H26N4O6S. The van der Waals surface area contributed by atoms with Crippen LogP contribution in [0.1, 0.15) is 56.2 Å².